The number of aromatic nitrogens is 4. The van der Waals surface area contributed by atoms with Gasteiger partial charge in [-0.05, 0) is 64.7 Å². The standard InChI is InChI=1S/C47H28N4O/c1-3-13-30(14-4-1)45-48-46(33-23-25-41-38(27-33)39-26-31-15-7-8-16-32(31)28-42(39)52-41)50-47(49-45)37-20-11-21-40-43(37)36-24-22-29-12-9-10-19-35(29)44(36)51(40)34-17-5-2-6-18-34/h1-28H. The Morgan fingerprint density at radius 2 is 1.08 bits per heavy atom. The first-order valence-electron chi connectivity index (χ1n) is 17.4. The van der Waals surface area contributed by atoms with Crippen LogP contribution in [0.4, 0.5) is 0 Å². The zero-order valence-electron chi connectivity index (χ0n) is 27.9. The van der Waals surface area contributed by atoms with Crippen LogP contribution < -0.4 is 0 Å². The summed E-state index contributed by atoms with van der Waals surface area (Å²) in [4.78, 5) is 15.5. The summed E-state index contributed by atoms with van der Waals surface area (Å²) in [5, 5.41) is 9.06. The molecule has 52 heavy (non-hydrogen) atoms. The summed E-state index contributed by atoms with van der Waals surface area (Å²) in [6.07, 6.45) is 0. The van der Waals surface area contributed by atoms with Gasteiger partial charge in [0.2, 0.25) is 0 Å². The summed E-state index contributed by atoms with van der Waals surface area (Å²) in [5.74, 6) is 1.85. The molecule has 0 bridgehead atoms. The van der Waals surface area contributed by atoms with E-state index in [9.17, 15) is 0 Å². The van der Waals surface area contributed by atoms with Crippen molar-refractivity contribution in [1.29, 1.82) is 0 Å². The van der Waals surface area contributed by atoms with Gasteiger partial charge in [-0.3, -0.25) is 0 Å². The average Bonchev–Trinajstić information content (AvgIpc) is 3.75. The second-order valence-corrected chi connectivity index (χ2v) is 13.2. The minimum atomic E-state index is 0.607. The summed E-state index contributed by atoms with van der Waals surface area (Å²) >= 11 is 0. The SMILES string of the molecule is c1ccc(-c2nc(-c3ccc4oc5cc6ccccc6cc5c4c3)nc(-c3cccc4c3c3ccc5ccccc5c3n4-c3ccccc3)n2)cc1. The van der Waals surface area contributed by atoms with Crippen LogP contribution in [0.3, 0.4) is 0 Å². The Hall–Kier alpha value is -7.11. The molecule has 11 rings (SSSR count). The van der Waals surface area contributed by atoms with E-state index in [1.165, 1.54) is 16.2 Å². The number of furan rings is 1. The van der Waals surface area contributed by atoms with E-state index in [4.69, 9.17) is 19.4 Å². The van der Waals surface area contributed by atoms with Crippen molar-refractivity contribution >= 4 is 65.3 Å². The Bertz CT molecular complexity index is 3180. The molecule has 0 radical (unpaired) electrons. The minimum Gasteiger partial charge on any atom is -0.456 e. The molecule has 8 aromatic carbocycles. The van der Waals surface area contributed by atoms with Crippen LogP contribution in [0.5, 0.6) is 0 Å². The fourth-order valence-corrected chi connectivity index (χ4v) is 7.80. The highest BCUT2D eigenvalue weighted by Crippen LogP contribution is 2.41. The molecule has 0 saturated carbocycles. The van der Waals surface area contributed by atoms with Crippen molar-refractivity contribution in [2.24, 2.45) is 0 Å². The van der Waals surface area contributed by atoms with Crippen molar-refractivity contribution in [2.75, 3.05) is 0 Å². The van der Waals surface area contributed by atoms with Crippen molar-refractivity contribution in [2.45, 2.75) is 0 Å². The summed E-state index contributed by atoms with van der Waals surface area (Å²) in [5.41, 5.74) is 7.83. The van der Waals surface area contributed by atoms with Gasteiger partial charge in [-0.25, -0.2) is 15.0 Å². The molecule has 0 atom stereocenters. The molecule has 5 heteroatoms. The topological polar surface area (TPSA) is 56.7 Å². The fraction of sp³-hybridized carbons (Fsp3) is 0. The van der Waals surface area contributed by atoms with Gasteiger partial charge >= 0.3 is 0 Å². The summed E-state index contributed by atoms with van der Waals surface area (Å²) in [6, 6.07) is 59.2. The third-order valence-corrected chi connectivity index (χ3v) is 10.2. The Balaban J connectivity index is 1.19. The molecule has 0 amide bonds. The van der Waals surface area contributed by atoms with E-state index < -0.39 is 0 Å². The van der Waals surface area contributed by atoms with Gasteiger partial charge in [-0.1, -0.05) is 121 Å². The molecular formula is C47H28N4O. The molecule has 3 aromatic heterocycles. The molecule has 0 fully saturated rings. The minimum absolute atomic E-state index is 0.607. The Morgan fingerprint density at radius 1 is 0.404 bits per heavy atom. The summed E-state index contributed by atoms with van der Waals surface area (Å²) < 4.78 is 8.71. The first kappa shape index (κ1) is 28.7. The third-order valence-electron chi connectivity index (χ3n) is 10.2. The second kappa shape index (κ2) is 11.2. The van der Waals surface area contributed by atoms with Crippen LogP contribution in [-0.4, -0.2) is 19.5 Å². The van der Waals surface area contributed by atoms with Crippen molar-refractivity contribution in [3.8, 4) is 39.9 Å². The van der Waals surface area contributed by atoms with Crippen molar-refractivity contribution in [3.05, 3.63) is 170 Å². The van der Waals surface area contributed by atoms with Gasteiger partial charge in [0.15, 0.2) is 17.5 Å². The highest BCUT2D eigenvalue weighted by atomic mass is 16.3. The molecule has 0 spiro atoms. The molecule has 0 saturated heterocycles. The second-order valence-electron chi connectivity index (χ2n) is 13.2. The molecule has 3 heterocycles. The average molecular weight is 665 g/mol. The van der Waals surface area contributed by atoms with E-state index in [0.717, 1.165) is 71.5 Å². The maximum Gasteiger partial charge on any atom is 0.164 e. The molecule has 0 aliphatic rings. The van der Waals surface area contributed by atoms with E-state index >= 15 is 0 Å². The lowest BCUT2D eigenvalue weighted by Gasteiger charge is -2.11. The van der Waals surface area contributed by atoms with Crippen LogP contribution in [0, 0.1) is 0 Å². The molecule has 5 nitrogen and oxygen atoms in total. The molecule has 0 aliphatic carbocycles. The van der Waals surface area contributed by atoms with Crippen LogP contribution in [0.2, 0.25) is 0 Å². The van der Waals surface area contributed by atoms with Crippen molar-refractivity contribution in [3.63, 3.8) is 0 Å². The Morgan fingerprint density at radius 3 is 1.90 bits per heavy atom. The van der Waals surface area contributed by atoms with E-state index in [0.29, 0.717) is 17.5 Å². The number of hydrogen-bond acceptors (Lipinski definition) is 4. The van der Waals surface area contributed by atoms with Crippen LogP contribution in [0.15, 0.2) is 174 Å². The van der Waals surface area contributed by atoms with Crippen LogP contribution in [0.1, 0.15) is 0 Å². The van der Waals surface area contributed by atoms with Crippen LogP contribution in [0.25, 0.3) is 105 Å². The first-order chi connectivity index (χ1) is 25.8. The predicted molar refractivity (Wildman–Crippen MR) is 213 cm³/mol. The molecule has 0 N–H and O–H groups in total. The maximum atomic E-state index is 6.34. The predicted octanol–water partition coefficient (Wildman–Crippen LogP) is 12.2. The number of hydrogen-bond donors (Lipinski definition) is 0. The molecule has 0 unspecified atom stereocenters. The monoisotopic (exact) mass is 664 g/mol. The number of fused-ring (bicyclic) bond motifs is 9. The zero-order chi connectivity index (χ0) is 34.2. The lowest BCUT2D eigenvalue weighted by atomic mass is 10.0. The Kier molecular flexibility index (Phi) is 6.18. The molecule has 0 aliphatic heterocycles. The van der Waals surface area contributed by atoms with Crippen molar-refractivity contribution in [1.82, 2.24) is 19.5 Å². The smallest absolute Gasteiger partial charge is 0.164 e. The van der Waals surface area contributed by atoms with Gasteiger partial charge in [-0.2, -0.15) is 0 Å². The van der Waals surface area contributed by atoms with Crippen LogP contribution in [-0.2, 0) is 0 Å². The van der Waals surface area contributed by atoms with Gasteiger partial charge in [-0.15, -0.1) is 0 Å². The van der Waals surface area contributed by atoms with Gasteiger partial charge in [0.25, 0.3) is 0 Å². The van der Waals surface area contributed by atoms with Gasteiger partial charge < -0.3 is 8.98 Å². The van der Waals surface area contributed by atoms with E-state index in [1.807, 2.05) is 30.3 Å². The number of benzene rings is 8. The normalized spacial score (nSPS) is 11.8. The van der Waals surface area contributed by atoms with Gasteiger partial charge in [0, 0.05) is 49.3 Å². The van der Waals surface area contributed by atoms with Crippen LogP contribution >= 0.6 is 0 Å². The summed E-state index contributed by atoms with van der Waals surface area (Å²) in [7, 11) is 0. The third kappa shape index (κ3) is 4.39. The Labute approximate surface area is 298 Å². The van der Waals surface area contributed by atoms with E-state index in [-0.39, 0.29) is 0 Å². The zero-order valence-corrected chi connectivity index (χ0v) is 27.9. The molecule has 11 aromatic rings. The van der Waals surface area contributed by atoms with Crippen molar-refractivity contribution < 1.29 is 4.42 Å². The molecular weight excluding hydrogens is 637 g/mol. The number of nitrogens with zero attached hydrogens (tertiary/aromatic N) is 4. The quantitative estimate of drug-likeness (QED) is 0.188. The number of rotatable bonds is 4. The highest BCUT2D eigenvalue weighted by molar-refractivity contribution is 6.22. The lowest BCUT2D eigenvalue weighted by Crippen LogP contribution is -2.00. The summed E-state index contributed by atoms with van der Waals surface area (Å²) in [6.45, 7) is 0. The van der Waals surface area contributed by atoms with E-state index in [1.54, 1.807) is 0 Å². The first-order valence-corrected chi connectivity index (χ1v) is 17.4. The van der Waals surface area contributed by atoms with E-state index in [2.05, 4.69) is 144 Å². The number of para-hydroxylation sites is 1. The molecule has 242 valence electrons. The largest absolute Gasteiger partial charge is 0.456 e. The van der Waals surface area contributed by atoms with Gasteiger partial charge in [0.1, 0.15) is 11.2 Å². The maximum absolute atomic E-state index is 6.34. The highest BCUT2D eigenvalue weighted by Gasteiger charge is 2.21. The lowest BCUT2D eigenvalue weighted by molar-refractivity contribution is 0.669. The van der Waals surface area contributed by atoms with Gasteiger partial charge in [0.05, 0.1) is 11.0 Å². The fourth-order valence-electron chi connectivity index (χ4n) is 7.80.